The number of carbonyl (C=O) groups excluding carboxylic acids is 1. The molecule has 1 unspecified atom stereocenters. The fraction of sp³-hybridized carbons (Fsp3) is 0.296. The van der Waals surface area contributed by atoms with Gasteiger partial charge >= 0.3 is 6.18 Å². The third kappa shape index (κ3) is 5.98. The van der Waals surface area contributed by atoms with E-state index in [2.05, 4.69) is 5.32 Å². The Morgan fingerprint density at radius 3 is 2.13 bits per heavy atom. The zero-order valence-electron chi connectivity index (χ0n) is 20.3. The normalized spacial score (nSPS) is 17.4. The average molecular weight is 553 g/mol. The van der Waals surface area contributed by atoms with E-state index in [1.165, 1.54) is 29.2 Å². The van der Waals surface area contributed by atoms with Crippen molar-refractivity contribution in [3.05, 3.63) is 95.1 Å². The van der Waals surface area contributed by atoms with Gasteiger partial charge in [-0.1, -0.05) is 31.2 Å². The number of nitrogens with zero attached hydrogens (tertiary/aromatic N) is 1. The minimum Gasteiger partial charge on any atom is -0.365 e. The quantitative estimate of drug-likeness (QED) is 0.384. The molecule has 0 aliphatic carbocycles. The second kappa shape index (κ2) is 10.4. The number of benzene rings is 3. The third-order valence-corrected chi connectivity index (χ3v) is 8.32. The number of sulfone groups is 1. The van der Waals surface area contributed by atoms with Crippen LogP contribution in [0.4, 0.5) is 27.6 Å². The summed E-state index contributed by atoms with van der Waals surface area (Å²) in [5.74, 6) is -4.83. The van der Waals surface area contributed by atoms with Crippen LogP contribution in [0.25, 0.3) is 0 Å². The smallest absolute Gasteiger partial charge is 0.365 e. The molecule has 0 spiro atoms. The number of amides is 1. The predicted octanol–water partition coefficient (Wildman–Crippen LogP) is 5.67. The molecular formula is C27H25F5N2O3S. The van der Waals surface area contributed by atoms with E-state index in [1.54, 1.807) is 31.2 Å². The average Bonchev–Trinajstić information content (AvgIpc) is 3.22. The summed E-state index contributed by atoms with van der Waals surface area (Å²) >= 11 is 0. The summed E-state index contributed by atoms with van der Waals surface area (Å²) in [6.45, 7) is 1.03. The van der Waals surface area contributed by atoms with E-state index >= 15 is 0 Å². The molecule has 0 bridgehead atoms. The van der Waals surface area contributed by atoms with E-state index in [0.717, 1.165) is 24.3 Å². The monoisotopic (exact) mass is 552 g/mol. The first-order valence-electron chi connectivity index (χ1n) is 11.8. The Bertz CT molecular complexity index is 1390. The van der Waals surface area contributed by atoms with E-state index in [9.17, 15) is 35.2 Å². The van der Waals surface area contributed by atoms with E-state index in [-0.39, 0.29) is 29.3 Å². The van der Waals surface area contributed by atoms with E-state index in [4.69, 9.17) is 0 Å². The second-order valence-corrected chi connectivity index (χ2v) is 11.4. The fourth-order valence-corrected chi connectivity index (χ4v) is 5.21. The highest BCUT2D eigenvalue weighted by Crippen LogP contribution is 2.42. The van der Waals surface area contributed by atoms with Crippen LogP contribution in [0.2, 0.25) is 0 Å². The van der Waals surface area contributed by atoms with Gasteiger partial charge in [0.05, 0.1) is 28.7 Å². The lowest BCUT2D eigenvalue weighted by molar-refractivity contribution is -0.137. The van der Waals surface area contributed by atoms with Crippen LogP contribution in [-0.2, 0) is 22.6 Å². The van der Waals surface area contributed by atoms with Crippen molar-refractivity contribution in [2.24, 2.45) is 0 Å². The van der Waals surface area contributed by atoms with Gasteiger partial charge in [0, 0.05) is 24.3 Å². The third-order valence-electron chi connectivity index (χ3n) is 6.57. The van der Waals surface area contributed by atoms with Crippen LogP contribution in [0.1, 0.15) is 39.9 Å². The van der Waals surface area contributed by atoms with Gasteiger partial charge in [0.25, 0.3) is 11.8 Å². The highest BCUT2D eigenvalue weighted by molar-refractivity contribution is 7.91. The summed E-state index contributed by atoms with van der Waals surface area (Å²) in [6, 6.07) is 16.1. The van der Waals surface area contributed by atoms with Gasteiger partial charge in [-0.2, -0.15) is 13.2 Å². The maximum Gasteiger partial charge on any atom is 0.416 e. The molecule has 202 valence electrons. The van der Waals surface area contributed by atoms with Crippen molar-refractivity contribution in [2.45, 2.75) is 36.4 Å². The molecule has 1 aliphatic heterocycles. The summed E-state index contributed by atoms with van der Waals surface area (Å²) in [7, 11) is -3.31. The van der Waals surface area contributed by atoms with Crippen LogP contribution >= 0.6 is 0 Å². The molecule has 1 aliphatic rings. The predicted molar refractivity (Wildman–Crippen MR) is 133 cm³/mol. The molecule has 1 atom stereocenters. The Morgan fingerprint density at radius 2 is 1.58 bits per heavy atom. The SMILES string of the molecule is CCS(=O)(=O)c1ccc(CNC(=O)c2ccc(N3CC(c4ccc(C(F)(F)F)cc4)C(F)(F)C3)cc2)cc1. The fourth-order valence-electron chi connectivity index (χ4n) is 4.32. The first-order valence-corrected chi connectivity index (χ1v) is 13.5. The number of alkyl halides is 5. The molecule has 1 heterocycles. The molecule has 11 heteroatoms. The molecule has 1 saturated heterocycles. The second-order valence-electron chi connectivity index (χ2n) is 9.09. The van der Waals surface area contributed by atoms with Crippen LogP contribution in [0.5, 0.6) is 0 Å². The topological polar surface area (TPSA) is 66.5 Å². The molecule has 3 aromatic rings. The van der Waals surface area contributed by atoms with Crippen LogP contribution in [0.3, 0.4) is 0 Å². The van der Waals surface area contributed by atoms with Gasteiger partial charge in [0.1, 0.15) is 0 Å². The minimum atomic E-state index is -4.54. The Balaban J connectivity index is 1.38. The Labute approximate surface area is 217 Å². The molecule has 1 amide bonds. The zero-order valence-corrected chi connectivity index (χ0v) is 21.1. The molecule has 1 fully saturated rings. The van der Waals surface area contributed by atoms with Crippen molar-refractivity contribution in [3.63, 3.8) is 0 Å². The van der Waals surface area contributed by atoms with Crippen LogP contribution < -0.4 is 10.2 Å². The number of hydrogen-bond donors (Lipinski definition) is 1. The van der Waals surface area contributed by atoms with Gasteiger partial charge < -0.3 is 10.2 Å². The number of anilines is 1. The summed E-state index contributed by atoms with van der Waals surface area (Å²) in [4.78, 5) is 14.2. The van der Waals surface area contributed by atoms with Gasteiger partial charge in [0.15, 0.2) is 9.84 Å². The standard InChI is InChI=1S/C27H25F5N2O3S/c1-2-38(36,37)23-13-3-18(4-14-23)15-33-25(35)20-7-11-22(12-8-20)34-16-24(26(28,29)17-34)19-5-9-21(10-6-19)27(30,31)32/h3-14,24H,2,15-17H2,1H3,(H,33,35). The van der Waals surface area contributed by atoms with E-state index in [1.807, 2.05) is 0 Å². The van der Waals surface area contributed by atoms with Crippen molar-refractivity contribution in [3.8, 4) is 0 Å². The van der Waals surface area contributed by atoms with Crippen molar-refractivity contribution in [1.82, 2.24) is 5.32 Å². The van der Waals surface area contributed by atoms with E-state index < -0.39 is 45.9 Å². The Kier molecular flexibility index (Phi) is 7.51. The molecule has 5 nitrogen and oxygen atoms in total. The lowest BCUT2D eigenvalue weighted by atomic mass is 9.94. The molecule has 3 aromatic carbocycles. The van der Waals surface area contributed by atoms with Crippen molar-refractivity contribution in [1.29, 1.82) is 0 Å². The minimum absolute atomic E-state index is 0.0101. The lowest BCUT2D eigenvalue weighted by Gasteiger charge is -2.18. The summed E-state index contributed by atoms with van der Waals surface area (Å²) < 4.78 is 91.8. The molecule has 38 heavy (non-hydrogen) atoms. The number of nitrogens with one attached hydrogen (secondary N) is 1. The van der Waals surface area contributed by atoms with Crippen molar-refractivity contribution in [2.75, 3.05) is 23.7 Å². The lowest BCUT2D eigenvalue weighted by Crippen LogP contribution is -2.27. The molecule has 4 rings (SSSR count). The summed E-state index contributed by atoms with van der Waals surface area (Å²) in [5, 5.41) is 2.73. The number of rotatable bonds is 7. The van der Waals surface area contributed by atoms with Gasteiger partial charge in [-0.3, -0.25) is 4.79 Å². The first kappa shape index (κ1) is 27.6. The van der Waals surface area contributed by atoms with Crippen LogP contribution in [-0.4, -0.2) is 39.1 Å². The van der Waals surface area contributed by atoms with Crippen molar-refractivity contribution >= 4 is 21.4 Å². The molecule has 0 saturated carbocycles. The molecular weight excluding hydrogens is 527 g/mol. The van der Waals surface area contributed by atoms with Crippen LogP contribution in [0, 0.1) is 0 Å². The highest BCUT2D eigenvalue weighted by atomic mass is 32.2. The first-order chi connectivity index (χ1) is 17.8. The zero-order chi connectivity index (χ0) is 27.7. The molecule has 0 radical (unpaired) electrons. The maximum absolute atomic E-state index is 14.8. The van der Waals surface area contributed by atoms with Crippen molar-refractivity contribution < 1.29 is 35.2 Å². The van der Waals surface area contributed by atoms with Gasteiger partial charge in [-0.15, -0.1) is 0 Å². The van der Waals surface area contributed by atoms with Gasteiger partial charge in [-0.25, -0.2) is 17.2 Å². The Morgan fingerprint density at radius 1 is 0.974 bits per heavy atom. The molecule has 0 aromatic heterocycles. The number of hydrogen-bond acceptors (Lipinski definition) is 4. The van der Waals surface area contributed by atoms with Gasteiger partial charge in [-0.05, 0) is 59.7 Å². The Hall–Kier alpha value is -3.47. The number of carbonyl (C=O) groups is 1. The number of halogens is 5. The largest absolute Gasteiger partial charge is 0.416 e. The highest BCUT2D eigenvalue weighted by Gasteiger charge is 2.49. The van der Waals surface area contributed by atoms with Crippen LogP contribution in [0.15, 0.2) is 77.7 Å². The summed E-state index contributed by atoms with van der Waals surface area (Å²) in [5.41, 5.74) is 0.711. The molecule has 1 N–H and O–H groups in total. The summed E-state index contributed by atoms with van der Waals surface area (Å²) in [6.07, 6.45) is -4.54. The van der Waals surface area contributed by atoms with E-state index in [0.29, 0.717) is 16.8 Å². The van der Waals surface area contributed by atoms with Gasteiger partial charge in [0.2, 0.25) is 0 Å². The maximum atomic E-state index is 14.8.